The average Bonchev–Trinajstić information content (AvgIpc) is 2.82. The van der Waals surface area contributed by atoms with Gasteiger partial charge in [-0.3, -0.25) is 14.8 Å². The molecule has 2 aromatic heterocycles. The van der Waals surface area contributed by atoms with Gasteiger partial charge in [0.05, 0.1) is 5.52 Å². The first-order chi connectivity index (χ1) is 15.4. The number of hydrogen-bond acceptors (Lipinski definition) is 3. The molecule has 0 bridgehead atoms. The highest BCUT2D eigenvalue weighted by atomic mass is 16.2. The van der Waals surface area contributed by atoms with E-state index in [9.17, 15) is 4.79 Å². The average molecular weight is 422 g/mol. The fourth-order valence-electron chi connectivity index (χ4n) is 3.77. The Labute approximate surface area is 189 Å². The number of fused-ring (bicyclic) bond motifs is 1. The highest BCUT2D eigenvalue weighted by Gasteiger charge is 2.15. The lowest BCUT2D eigenvalue weighted by molar-refractivity contribution is -0.122. The first kappa shape index (κ1) is 21.4. The number of likely N-dealkylation sites (N-methyl/N-ethyl adjacent to an activating group) is 1. The minimum absolute atomic E-state index is 0.0458. The standard InChI is InChI=1S/C28H27N3O/c1-19(2)24-17-23-9-6-12-30-27(23)25(18-24)22-8-5-7-20(15-22)16-26(28(32)31(3)4)21-10-13-29-14-11-21/h5-19H,1-4H3/b26-16-. The molecule has 4 aromatic rings. The van der Waals surface area contributed by atoms with E-state index >= 15 is 0 Å². The summed E-state index contributed by atoms with van der Waals surface area (Å²) in [7, 11) is 3.53. The van der Waals surface area contributed by atoms with Crippen LogP contribution >= 0.6 is 0 Å². The first-order valence-corrected chi connectivity index (χ1v) is 10.8. The lowest BCUT2D eigenvalue weighted by Gasteiger charge is -2.15. The van der Waals surface area contributed by atoms with Crippen LogP contribution < -0.4 is 0 Å². The Kier molecular flexibility index (Phi) is 6.13. The number of carbonyl (C=O) groups is 1. The van der Waals surface area contributed by atoms with E-state index in [1.807, 2.05) is 42.6 Å². The third-order valence-electron chi connectivity index (χ3n) is 5.53. The maximum absolute atomic E-state index is 12.9. The second-order valence-corrected chi connectivity index (χ2v) is 8.42. The predicted octanol–water partition coefficient (Wildman–Crippen LogP) is 6.05. The molecule has 0 aliphatic carbocycles. The van der Waals surface area contributed by atoms with Gasteiger partial charge in [0.1, 0.15) is 0 Å². The third kappa shape index (κ3) is 4.45. The fourth-order valence-corrected chi connectivity index (χ4v) is 3.77. The smallest absolute Gasteiger partial charge is 0.253 e. The van der Waals surface area contributed by atoms with Crippen molar-refractivity contribution in [2.24, 2.45) is 0 Å². The molecule has 0 fully saturated rings. The van der Waals surface area contributed by atoms with Gasteiger partial charge in [0.25, 0.3) is 5.91 Å². The number of nitrogens with zero attached hydrogens (tertiary/aromatic N) is 3. The van der Waals surface area contributed by atoms with Crippen LogP contribution in [-0.4, -0.2) is 34.9 Å². The zero-order chi connectivity index (χ0) is 22.7. The van der Waals surface area contributed by atoms with Crippen molar-refractivity contribution in [1.29, 1.82) is 0 Å². The molecule has 4 rings (SSSR count). The molecule has 2 heterocycles. The van der Waals surface area contributed by atoms with Gasteiger partial charge in [0.2, 0.25) is 0 Å². The summed E-state index contributed by atoms with van der Waals surface area (Å²) < 4.78 is 0. The molecule has 0 saturated heterocycles. The van der Waals surface area contributed by atoms with Crippen molar-refractivity contribution >= 4 is 28.5 Å². The van der Waals surface area contributed by atoms with Gasteiger partial charge in [0, 0.05) is 49.2 Å². The van der Waals surface area contributed by atoms with Crippen molar-refractivity contribution in [1.82, 2.24) is 14.9 Å². The van der Waals surface area contributed by atoms with Crippen LogP contribution in [0, 0.1) is 0 Å². The van der Waals surface area contributed by atoms with Crippen LogP contribution in [0.1, 0.15) is 36.5 Å². The van der Waals surface area contributed by atoms with Gasteiger partial charge in [-0.1, -0.05) is 38.1 Å². The Balaban J connectivity index is 1.86. The highest BCUT2D eigenvalue weighted by Crippen LogP contribution is 2.32. The van der Waals surface area contributed by atoms with Crippen molar-refractivity contribution in [3.05, 3.63) is 95.9 Å². The molecule has 4 heteroatoms. The number of hydrogen-bond donors (Lipinski definition) is 0. The van der Waals surface area contributed by atoms with Crippen molar-refractivity contribution in [2.75, 3.05) is 14.1 Å². The number of rotatable bonds is 5. The Hall–Kier alpha value is -3.79. The zero-order valence-corrected chi connectivity index (χ0v) is 18.9. The van der Waals surface area contributed by atoms with E-state index in [1.165, 1.54) is 5.56 Å². The first-order valence-electron chi connectivity index (χ1n) is 10.8. The summed E-state index contributed by atoms with van der Waals surface area (Å²) in [6.07, 6.45) is 7.19. The molecule has 0 radical (unpaired) electrons. The topological polar surface area (TPSA) is 46.1 Å². The lowest BCUT2D eigenvalue weighted by atomic mass is 9.93. The molecular formula is C28H27N3O. The van der Waals surface area contributed by atoms with Crippen molar-refractivity contribution in [3.8, 4) is 11.1 Å². The molecule has 0 N–H and O–H groups in total. The second kappa shape index (κ2) is 9.15. The molecule has 0 aliphatic rings. The van der Waals surface area contributed by atoms with Crippen LogP contribution in [0.3, 0.4) is 0 Å². The lowest BCUT2D eigenvalue weighted by Crippen LogP contribution is -2.22. The molecular weight excluding hydrogens is 394 g/mol. The molecule has 0 saturated carbocycles. The van der Waals surface area contributed by atoms with E-state index in [-0.39, 0.29) is 5.91 Å². The van der Waals surface area contributed by atoms with E-state index in [2.05, 4.69) is 54.1 Å². The summed E-state index contributed by atoms with van der Waals surface area (Å²) >= 11 is 0. The predicted molar refractivity (Wildman–Crippen MR) is 132 cm³/mol. The second-order valence-electron chi connectivity index (χ2n) is 8.42. The van der Waals surface area contributed by atoms with Crippen molar-refractivity contribution < 1.29 is 4.79 Å². The summed E-state index contributed by atoms with van der Waals surface area (Å²) in [6, 6.07) is 20.5. The van der Waals surface area contributed by atoms with E-state index < -0.39 is 0 Å². The number of amides is 1. The molecule has 4 nitrogen and oxygen atoms in total. The van der Waals surface area contributed by atoms with Gasteiger partial charge in [0.15, 0.2) is 0 Å². The maximum Gasteiger partial charge on any atom is 0.253 e. The normalized spacial score (nSPS) is 11.7. The van der Waals surface area contributed by atoms with E-state index in [4.69, 9.17) is 0 Å². The van der Waals surface area contributed by atoms with Crippen LogP contribution in [0.15, 0.2) is 79.3 Å². The molecule has 0 aliphatic heterocycles. The summed E-state index contributed by atoms with van der Waals surface area (Å²) in [5.41, 5.74) is 6.89. The van der Waals surface area contributed by atoms with Crippen LogP contribution in [0.25, 0.3) is 33.7 Å². The molecule has 2 aromatic carbocycles. The monoisotopic (exact) mass is 421 g/mol. The largest absolute Gasteiger partial charge is 0.345 e. The molecule has 0 spiro atoms. The molecule has 0 unspecified atom stereocenters. The SMILES string of the molecule is CC(C)c1cc(-c2cccc(/C=C(\C(=O)N(C)C)c3ccncc3)c2)c2ncccc2c1. The van der Waals surface area contributed by atoms with Gasteiger partial charge in [-0.25, -0.2) is 0 Å². The molecule has 160 valence electrons. The molecule has 0 atom stereocenters. The van der Waals surface area contributed by atoms with Crippen molar-refractivity contribution in [2.45, 2.75) is 19.8 Å². The van der Waals surface area contributed by atoms with Gasteiger partial charge in [-0.05, 0) is 70.6 Å². The van der Waals surface area contributed by atoms with Gasteiger partial charge < -0.3 is 4.90 Å². The number of carbonyl (C=O) groups excluding carboxylic acids is 1. The summed E-state index contributed by atoms with van der Waals surface area (Å²) in [5, 5.41) is 1.13. The maximum atomic E-state index is 12.9. The van der Waals surface area contributed by atoms with Crippen LogP contribution in [0.5, 0.6) is 0 Å². The Morgan fingerprint density at radius 1 is 0.938 bits per heavy atom. The van der Waals surface area contributed by atoms with Gasteiger partial charge in [-0.2, -0.15) is 0 Å². The number of benzene rings is 2. The summed E-state index contributed by atoms with van der Waals surface area (Å²) in [6.45, 7) is 4.41. The van der Waals surface area contributed by atoms with Gasteiger partial charge >= 0.3 is 0 Å². The Morgan fingerprint density at radius 2 is 1.72 bits per heavy atom. The quantitative estimate of drug-likeness (QED) is 0.369. The van der Waals surface area contributed by atoms with E-state index in [0.29, 0.717) is 11.5 Å². The van der Waals surface area contributed by atoms with Gasteiger partial charge in [-0.15, -0.1) is 0 Å². The van der Waals surface area contributed by atoms with E-state index in [1.54, 1.807) is 31.4 Å². The van der Waals surface area contributed by atoms with Crippen LogP contribution in [-0.2, 0) is 4.79 Å². The molecule has 1 amide bonds. The van der Waals surface area contributed by atoms with Crippen molar-refractivity contribution in [3.63, 3.8) is 0 Å². The van der Waals surface area contributed by atoms with E-state index in [0.717, 1.165) is 33.2 Å². The molecule has 32 heavy (non-hydrogen) atoms. The summed E-state index contributed by atoms with van der Waals surface area (Å²) in [5.74, 6) is 0.368. The minimum atomic E-state index is -0.0458. The Morgan fingerprint density at radius 3 is 2.44 bits per heavy atom. The fraction of sp³-hybridized carbons (Fsp3) is 0.179. The Bertz CT molecular complexity index is 1290. The zero-order valence-electron chi connectivity index (χ0n) is 18.9. The highest BCUT2D eigenvalue weighted by molar-refractivity contribution is 6.24. The summed E-state index contributed by atoms with van der Waals surface area (Å²) in [4.78, 5) is 23.3. The number of aromatic nitrogens is 2. The third-order valence-corrected chi connectivity index (χ3v) is 5.53. The van der Waals surface area contributed by atoms with Crippen LogP contribution in [0.4, 0.5) is 0 Å². The number of pyridine rings is 2. The minimum Gasteiger partial charge on any atom is -0.345 e. The van der Waals surface area contributed by atoms with Crippen LogP contribution in [0.2, 0.25) is 0 Å².